The van der Waals surface area contributed by atoms with Crippen molar-refractivity contribution >= 4 is 21.6 Å². The molecule has 0 saturated carbocycles. The third-order valence-corrected chi connectivity index (χ3v) is 4.57. The molecule has 1 aromatic rings. The predicted octanol–water partition coefficient (Wildman–Crippen LogP) is 2.27. The number of nitrogens with one attached hydrogen (secondary N) is 1. The second-order valence-electron chi connectivity index (χ2n) is 4.27. The molecule has 0 aliphatic carbocycles. The van der Waals surface area contributed by atoms with E-state index in [9.17, 15) is 8.42 Å². The van der Waals surface area contributed by atoms with Crippen molar-refractivity contribution < 1.29 is 8.42 Å². The van der Waals surface area contributed by atoms with Crippen LogP contribution >= 0.6 is 11.6 Å². The molecule has 0 spiro atoms. The lowest BCUT2D eigenvalue weighted by molar-refractivity contribution is 0.544. The second kappa shape index (κ2) is 6.52. The summed E-state index contributed by atoms with van der Waals surface area (Å²) in [7, 11) is -3.50. The Labute approximate surface area is 114 Å². The third-order valence-electron chi connectivity index (χ3n) is 2.63. The lowest BCUT2D eigenvalue weighted by Crippen LogP contribution is -2.32. The first-order chi connectivity index (χ1) is 8.40. The highest BCUT2D eigenvalue weighted by Crippen LogP contribution is 2.20. The zero-order valence-electron chi connectivity index (χ0n) is 10.6. The lowest BCUT2D eigenvalue weighted by atomic mass is 10.2. The monoisotopic (exact) mass is 290 g/mol. The molecule has 0 aromatic heterocycles. The number of halogens is 1. The van der Waals surface area contributed by atoms with E-state index in [4.69, 9.17) is 17.3 Å². The van der Waals surface area contributed by atoms with Crippen LogP contribution in [0.1, 0.15) is 32.3 Å². The van der Waals surface area contributed by atoms with Gasteiger partial charge in [0.05, 0.1) is 4.90 Å². The van der Waals surface area contributed by atoms with Gasteiger partial charge < -0.3 is 5.73 Å². The van der Waals surface area contributed by atoms with E-state index in [1.165, 1.54) is 12.1 Å². The van der Waals surface area contributed by atoms with Crippen LogP contribution in [0.4, 0.5) is 0 Å². The summed E-state index contributed by atoms with van der Waals surface area (Å²) in [6.07, 6.45) is 1.73. The molecule has 1 atom stereocenters. The van der Waals surface area contributed by atoms with Crippen molar-refractivity contribution in [3.63, 3.8) is 0 Å². The van der Waals surface area contributed by atoms with Crippen LogP contribution in [-0.2, 0) is 16.6 Å². The van der Waals surface area contributed by atoms with E-state index in [-0.39, 0.29) is 10.9 Å². The summed E-state index contributed by atoms with van der Waals surface area (Å²) in [4.78, 5) is 0.174. The predicted molar refractivity (Wildman–Crippen MR) is 74.0 cm³/mol. The minimum Gasteiger partial charge on any atom is -0.326 e. The van der Waals surface area contributed by atoms with Gasteiger partial charge >= 0.3 is 0 Å². The Kier molecular flexibility index (Phi) is 5.59. The molecule has 0 saturated heterocycles. The zero-order valence-corrected chi connectivity index (χ0v) is 12.2. The van der Waals surface area contributed by atoms with E-state index in [1.807, 2.05) is 13.8 Å². The summed E-state index contributed by atoms with van der Waals surface area (Å²) >= 11 is 5.96. The quantitative estimate of drug-likeness (QED) is 0.844. The summed E-state index contributed by atoms with van der Waals surface area (Å²) in [6, 6.07) is 4.51. The molecule has 0 amide bonds. The van der Waals surface area contributed by atoms with Crippen LogP contribution in [0.15, 0.2) is 23.1 Å². The van der Waals surface area contributed by atoms with Crippen molar-refractivity contribution in [3.05, 3.63) is 28.8 Å². The Morgan fingerprint density at radius 3 is 2.61 bits per heavy atom. The largest absolute Gasteiger partial charge is 0.326 e. The van der Waals surface area contributed by atoms with Crippen LogP contribution in [0.25, 0.3) is 0 Å². The lowest BCUT2D eigenvalue weighted by Gasteiger charge is -2.14. The maximum atomic E-state index is 12.1. The smallest absolute Gasteiger partial charge is 0.240 e. The maximum absolute atomic E-state index is 12.1. The molecule has 0 heterocycles. The first-order valence-corrected chi connectivity index (χ1v) is 7.77. The minimum absolute atomic E-state index is 0.0899. The van der Waals surface area contributed by atoms with Gasteiger partial charge in [-0.2, -0.15) is 0 Å². The molecule has 0 aliphatic rings. The second-order valence-corrected chi connectivity index (χ2v) is 6.39. The van der Waals surface area contributed by atoms with Gasteiger partial charge in [-0.25, -0.2) is 13.1 Å². The van der Waals surface area contributed by atoms with Crippen molar-refractivity contribution in [2.75, 3.05) is 0 Å². The number of nitrogens with two attached hydrogens (primary N) is 1. The molecule has 4 nitrogen and oxygen atoms in total. The van der Waals surface area contributed by atoms with E-state index >= 15 is 0 Å². The summed E-state index contributed by atoms with van der Waals surface area (Å²) in [6.45, 7) is 4.15. The van der Waals surface area contributed by atoms with Crippen LogP contribution in [0.2, 0.25) is 5.02 Å². The number of hydrogen-bond acceptors (Lipinski definition) is 3. The molecule has 0 fully saturated rings. The average Bonchev–Trinajstić information content (AvgIpc) is 2.28. The molecule has 102 valence electrons. The van der Waals surface area contributed by atoms with Gasteiger partial charge in [-0.1, -0.05) is 31.0 Å². The fourth-order valence-electron chi connectivity index (χ4n) is 1.69. The molecule has 6 heteroatoms. The van der Waals surface area contributed by atoms with Crippen molar-refractivity contribution in [2.45, 2.75) is 44.2 Å². The minimum atomic E-state index is -3.50. The van der Waals surface area contributed by atoms with E-state index in [2.05, 4.69) is 4.72 Å². The molecule has 0 aliphatic heterocycles. The maximum Gasteiger partial charge on any atom is 0.240 e. The molecule has 1 unspecified atom stereocenters. The van der Waals surface area contributed by atoms with Gasteiger partial charge in [0.2, 0.25) is 10.0 Å². The Bertz CT molecular complexity index is 503. The molecular weight excluding hydrogens is 272 g/mol. The fourth-order valence-corrected chi connectivity index (χ4v) is 3.31. The zero-order chi connectivity index (χ0) is 13.8. The Morgan fingerprint density at radius 1 is 1.44 bits per heavy atom. The van der Waals surface area contributed by atoms with Gasteiger partial charge in [0, 0.05) is 17.6 Å². The molecule has 1 rings (SSSR count). The Balaban J connectivity index is 2.95. The van der Waals surface area contributed by atoms with Crippen molar-refractivity contribution in [3.8, 4) is 0 Å². The van der Waals surface area contributed by atoms with Gasteiger partial charge in [0.1, 0.15) is 0 Å². The van der Waals surface area contributed by atoms with Crippen LogP contribution in [0, 0.1) is 0 Å². The molecule has 1 aromatic carbocycles. The molecule has 0 bridgehead atoms. The highest BCUT2D eigenvalue weighted by atomic mass is 35.5. The van der Waals surface area contributed by atoms with E-state index < -0.39 is 10.0 Å². The van der Waals surface area contributed by atoms with Crippen molar-refractivity contribution in [1.82, 2.24) is 4.72 Å². The number of hydrogen-bond donors (Lipinski definition) is 2. The normalized spacial score (nSPS) is 13.6. The van der Waals surface area contributed by atoms with Crippen molar-refractivity contribution in [1.29, 1.82) is 0 Å². The summed E-state index contributed by atoms with van der Waals surface area (Å²) in [5, 5.41) is 0.378. The van der Waals surface area contributed by atoms with E-state index in [0.717, 1.165) is 18.4 Å². The topological polar surface area (TPSA) is 72.2 Å². The Hall–Kier alpha value is -0.620. The standard InChI is InChI=1S/C12H19ClN2O2S/c1-3-4-9(2)15-18(16,17)11-6-5-10(8-14)12(13)7-11/h5-7,9,15H,3-4,8,14H2,1-2H3. The fraction of sp³-hybridized carbons (Fsp3) is 0.500. The first kappa shape index (κ1) is 15.4. The van der Waals surface area contributed by atoms with Crippen LogP contribution in [0.3, 0.4) is 0 Å². The van der Waals surface area contributed by atoms with Crippen molar-refractivity contribution in [2.24, 2.45) is 5.73 Å². The van der Waals surface area contributed by atoms with Gasteiger partial charge in [-0.3, -0.25) is 0 Å². The number of sulfonamides is 1. The van der Waals surface area contributed by atoms with Gasteiger partial charge in [0.15, 0.2) is 0 Å². The van der Waals surface area contributed by atoms with Gasteiger partial charge in [-0.05, 0) is 31.0 Å². The summed E-state index contributed by atoms with van der Waals surface area (Å²) < 4.78 is 26.8. The van der Waals surface area contributed by atoms with Gasteiger partial charge in [0.25, 0.3) is 0 Å². The van der Waals surface area contributed by atoms with E-state index in [0.29, 0.717) is 11.6 Å². The number of benzene rings is 1. The molecule has 3 N–H and O–H groups in total. The van der Waals surface area contributed by atoms with Crippen LogP contribution < -0.4 is 10.5 Å². The third kappa shape index (κ3) is 3.95. The summed E-state index contributed by atoms with van der Waals surface area (Å²) in [5.41, 5.74) is 6.21. The SMILES string of the molecule is CCCC(C)NS(=O)(=O)c1ccc(CN)c(Cl)c1. The van der Waals surface area contributed by atoms with Crippen LogP contribution in [0.5, 0.6) is 0 Å². The average molecular weight is 291 g/mol. The Morgan fingerprint density at radius 2 is 2.11 bits per heavy atom. The highest BCUT2D eigenvalue weighted by molar-refractivity contribution is 7.89. The van der Waals surface area contributed by atoms with E-state index in [1.54, 1.807) is 6.07 Å². The number of rotatable bonds is 6. The highest BCUT2D eigenvalue weighted by Gasteiger charge is 2.17. The first-order valence-electron chi connectivity index (χ1n) is 5.91. The van der Waals surface area contributed by atoms with Crippen LogP contribution in [-0.4, -0.2) is 14.5 Å². The molecule has 0 radical (unpaired) electrons. The molecule has 18 heavy (non-hydrogen) atoms. The molecular formula is C12H19ClN2O2S. The summed E-state index contributed by atoms with van der Waals surface area (Å²) in [5.74, 6) is 0. The van der Waals surface area contributed by atoms with Gasteiger partial charge in [-0.15, -0.1) is 0 Å².